The Morgan fingerprint density at radius 2 is 2.30 bits per heavy atom. The summed E-state index contributed by atoms with van der Waals surface area (Å²) in [5.41, 5.74) is -0.191. The van der Waals surface area contributed by atoms with Gasteiger partial charge in [0.1, 0.15) is 11.6 Å². The summed E-state index contributed by atoms with van der Waals surface area (Å²) in [5.74, 6) is -1.78. The average molecular weight is 286 g/mol. The minimum Gasteiger partial charge on any atom is -0.395 e. The lowest BCUT2D eigenvalue weighted by molar-refractivity contribution is -0.120. The molecule has 1 aromatic rings. The number of amides is 1. The number of anilines is 1. The third kappa shape index (κ3) is 3.72. The first-order valence-electron chi connectivity index (χ1n) is 6.27. The maximum absolute atomic E-state index is 13.4. The fourth-order valence-corrected chi connectivity index (χ4v) is 2.03. The first-order chi connectivity index (χ1) is 9.60. The molecule has 2 N–H and O–H groups in total. The SMILES string of the molecule is O=C(CN1CCOCC1CO)Nc1cc(F)ccc1F. The second kappa shape index (κ2) is 6.74. The van der Waals surface area contributed by atoms with Crippen molar-refractivity contribution in [2.75, 3.05) is 38.2 Å². The molecule has 0 spiro atoms. The van der Waals surface area contributed by atoms with Crippen molar-refractivity contribution in [3.8, 4) is 0 Å². The molecule has 0 aromatic heterocycles. The molecule has 1 aliphatic rings. The van der Waals surface area contributed by atoms with E-state index >= 15 is 0 Å². The maximum Gasteiger partial charge on any atom is 0.238 e. The minimum atomic E-state index is -0.694. The molecule has 1 amide bonds. The highest BCUT2D eigenvalue weighted by molar-refractivity contribution is 5.92. The van der Waals surface area contributed by atoms with Crippen LogP contribution in [-0.4, -0.2) is 54.9 Å². The molecule has 110 valence electrons. The van der Waals surface area contributed by atoms with E-state index in [1.807, 2.05) is 0 Å². The lowest BCUT2D eigenvalue weighted by atomic mass is 10.2. The summed E-state index contributed by atoms with van der Waals surface area (Å²) >= 11 is 0. The molecule has 1 aromatic carbocycles. The third-order valence-corrected chi connectivity index (χ3v) is 3.11. The van der Waals surface area contributed by atoms with Crippen LogP contribution in [0.3, 0.4) is 0 Å². The molecule has 1 atom stereocenters. The number of carbonyl (C=O) groups excluding carboxylic acids is 1. The predicted molar refractivity (Wildman–Crippen MR) is 68.3 cm³/mol. The zero-order chi connectivity index (χ0) is 14.5. The van der Waals surface area contributed by atoms with Crippen LogP contribution in [0.25, 0.3) is 0 Å². The van der Waals surface area contributed by atoms with Gasteiger partial charge in [-0.2, -0.15) is 0 Å². The number of hydrogen-bond acceptors (Lipinski definition) is 4. The van der Waals surface area contributed by atoms with E-state index in [9.17, 15) is 18.7 Å². The molecule has 5 nitrogen and oxygen atoms in total. The monoisotopic (exact) mass is 286 g/mol. The van der Waals surface area contributed by atoms with Crippen molar-refractivity contribution in [2.45, 2.75) is 6.04 Å². The highest BCUT2D eigenvalue weighted by Gasteiger charge is 2.24. The number of rotatable bonds is 4. The van der Waals surface area contributed by atoms with E-state index in [2.05, 4.69) is 5.32 Å². The number of halogens is 2. The standard InChI is InChI=1S/C13H16F2N2O3/c14-9-1-2-11(15)12(5-9)16-13(19)6-17-3-4-20-8-10(17)7-18/h1-2,5,10,18H,3-4,6-8H2,(H,16,19). The predicted octanol–water partition coefficient (Wildman–Crippen LogP) is 0.596. The number of hydrogen-bond donors (Lipinski definition) is 2. The van der Waals surface area contributed by atoms with Crippen LogP contribution in [0.4, 0.5) is 14.5 Å². The van der Waals surface area contributed by atoms with E-state index in [-0.39, 0.29) is 24.9 Å². The van der Waals surface area contributed by atoms with Crippen LogP contribution in [0.15, 0.2) is 18.2 Å². The van der Waals surface area contributed by atoms with Crippen LogP contribution in [0, 0.1) is 11.6 Å². The first-order valence-corrected chi connectivity index (χ1v) is 6.27. The van der Waals surface area contributed by atoms with Gasteiger partial charge in [-0.3, -0.25) is 9.69 Å². The van der Waals surface area contributed by atoms with Gasteiger partial charge in [0, 0.05) is 12.6 Å². The van der Waals surface area contributed by atoms with Gasteiger partial charge in [0.2, 0.25) is 5.91 Å². The van der Waals surface area contributed by atoms with E-state index in [1.54, 1.807) is 4.90 Å². The third-order valence-electron chi connectivity index (χ3n) is 3.11. The average Bonchev–Trinajstić information content (AvgIpc) is 2.43. The first kappa shape index (κ1) is 14.8. The van der Waals surface area contributed by atoms with Gasteiger partial charge in [-0.1, -0.05) is 0 Å². The molecule has 1 fully saturated rings. The second-order valence-corrected chi connectivity index (χ2v) is 4.55. The molecule has 20 heavy (non-hydrogen) atoms. The summed E-state index contributed by atoms with van der Waals surface area (Å²) < 4.78 is 31.6. The van der Waals surface area contributed by atoms with E-state index in [0.717, 1.165) is 18.2 Å². The van der Waals surface area contributed by atoms with Crippen molar-refractivity contribution >= 4 is 11.6 Å². The largest absolute Gasteiger partial charge is 0.395 e. The fourth-order valence-electron chi connectivity index (χ4n) is 2.03. The Bertz CT molecular complexity index is 485. The Hall–Kier alpha value is -1.57. The molecule has 0 bridgehead atoms. The van der Waals surface area contributed by atoms with Gasteiger partial charge in [0.25, 0.3) is 0 Å². The van der Waals surface area contributed by atoms with Crippen LogP contribution in [-0.2, 0) is 9.53 Å². The normalized spacial score (nSPS) is 19.9. The van der Waals surface area contributed by atoms with E-state index in [1.165, 1.54) is 0 Å². The van der Waals surface area contributed by atoms with Gasteiger partial charge in [-0.15, -0.1) is 0 Å². The van der Waals surface area contributed by atoms with Crippen molar-refractivity contribution in [1.82, 2.24) is 4.90 Å². The van der Waals surface area contributed by atoms with Crippen molar-refractivity contribution in [1.29, 1.82) is 0 Å². The van der Waals surface area contributed by atoms with E-state index < -0.39 is 17.5 Å². The summed E-state index contributed by atoms with van der Waals surface area (Å²) in [7, 11) is 0. The van der Waals surface area contributed by atoms with Gasteiger partial charge in [0.15, 0.2) is 0 Å². The number of carbonyl (C=O) groups is 1. The minimum absolute atomic E-state index is 0.00938. The lowest BCUT2D eigenvalue weighted by Gasteiger charge is -2.33. The fraction of sp³-hybridized carbons (Fsp3) is 0.462. The van der Waals surface area contributed by atoms with Gasteiger partial charge < -0.3 is 15.2 Å². The summed E-state index contributed by atoms with van der Waals surface area (Å²) in [6, 6.07) is 2.60. The number of ether oxygens (including phenoxy) is 1. The molecule has 1 aliphatic heterocycles. The molecule has 1 heterocycles. The highest BCUT2D eigenvalue weighted by Crippen LogP contribution is 2.15. The van der Waals surface area contributed by atoms with Crippen molar-refractivity contribution in [3.63, 3.8) is 0 Å². The van der Waals surface area contributed by atoms with E-state index in [0.29, 0.717) is 19.8 Å². The summed E-state index contributed by atoms with van der Waals surface area (Å²) in [6.45, 7) is 1.19. The van der Waals surface area contributed by atoms with Gasteiger partial charge in [0.05, 0.1) is 38.1 Å². The van der Waals surface area contributed by atoms with Gasteiger partial charge >= 0.3 is 0 Å². The number of benzene rings is 1. The zero-order valence-electron chi connectivity index (χ0n) is 10.8. The molecule has 2 rings (SSSR count). The van der Waals surface area contributed by atoms with Gasteiger partial charge in [-0.25, -0.2) is 8.78 Å². The van der Waals surface area contributed by atoms with Crippen molar-refractivity contribution in [3.05, 3.63) is 29.8 Å². The summed E-state index contributed by atoms with van der Waals surface area (Å²) in [5, 5.41) is 11.5. The number of nitrogens with one attached hydrogen (secondary N) is 1. The zero-order valence-corrected chi connectivity index (χ0v) is 10.8. The molecule has 1 unspecified atom stereocenters. The summed E-state index contributed by atoms with van der Waals surface area (Å²) in [4.78, 5) is 13.6. The topological polar surface area (TPSA) is 61.8 Å². The molecule has 0 radical (unpaired) electrons. The number of aliphatic hydroxyl groups excluding tert-OH is 1. The Labute approximate surface area is 115 Å². The molecule has 0 aliphatic carbocycles. The second-order valence-electron chi connectivity index (χ2n) is 4.55. The summed E-state index contributed by atoms with van der Waals surface area (Å²) in [6.07, 6.45) is 0. The van der Waals surface area contributed by atoms with Crippen LogP contribution < -0.4 is 5.32 Å². The van der Waals surface area contributed by atoms with Crippen LogP contribution in [0.2, 0.25) is 0 Å². The van der Waals surface area contributed by atoms with Crippen LogP contribution >= 0.6 is 0 Å². The lowest BCUT2D eigenvalue weighted by Crippen LogP contribution is -2.50. The molecule has 1 saturated heterocycles. The van der Waals surface area contributed by atoms with Crippen LogP contribution in [0.5, 0.6) is 0 Å². The Morgan fingerprint density at radius 3 is 3.05 bits per heavy atom. The Kier molecular flexibility index (Phi) is 4.99. The Morgan fingerprint density at radius 1 is 1.50 bits per heavy atom. The Balaban J connectivity index is 1.96. The van der Waals surface area contributed by atoms with Gasteiger partial charge in [-0.05, 0) is 12.1 Å². The molecule has 7 heteroatoms. The van der Waals surface area contributed by atoms with E-state index in [4.69, 9.17) is 4.74 Å². The quantitative estimate of drug-likeness (QED) is 0.851. The number of nitrogens with zero attached hydrogens (tertiary/aromatic N) is 1. The number of aliphatic hydroxyl groups is 1. The van der Waals surface area contributed by atoms with Crippen LogP contribution in [0.1, 0.15) is 0 Å². The molecular weight excluding hydrogens is 270 g/mol. The molecule has 0 saturated carbocycles. The maximum atomic E-state index is 13.4. The smallest absolute Gasteiger partial charge is 0.238 e. The molecular formula is C13H16F2N2O3. The number of morpholine rings is 1. The van der Waals surface area contributed by atoms with Crippen molar-refractivity contribution < 1.29 is 23.4 Å². The van der Waals surface area contributed by atoms with Crippen molar-refractivity contribution in [2.24, 2.45) is 0 Å². The highest BCUT2D eigenvalue weighted by atomic mass is 19.1.